The van der Waals surface area contributed by atoms with E-state index in [9.17, 15) is 34.7 Å². The van der Waals surface area contributed by atoms with E-state index < -0.39 is 40.8 Å². The third-order valence-electron chi connectivity index (χ3n) is 3.78. The van der Waals surface area contributed by atoms with Crippen LogP contribution in [-0.4, -0.2) is 57.6 Å². The molecule has 1 aromatic rings. The molecule has 0 fully saturated rings. The van der Waals surface area contributed by atoms with Gasteiger partial charge in [-0.15, -0.1) is 0 Å². The molecule has 0 heterocycles. The van der Waals surface area contributed by atoms with Gasteiger partial charge in [0, 0.05) is 18.7 Å². The first kappa shape index (κ1) is 25.6. The summed E-state index contributed by atoms with van der Waals surface area (Å²) in [6.07, 6.45) is -2.89. The smallest absolute Gasteiger partial charge is 0.408 e. The number of non-ortho nitro benzene ring substituents is 1. The third-order valence-corrected chi connectivity index (χ3v) is 3.78. The summed E-state index contributed by atoms with van der Waals surface area (Å²) in [5.74, 6) is -1.28. The van der Waals surface area contributed by atoms with E-state index in [0.29, 0.717) is 5.56 Å². The molecule has 0 saturated carbocycles. The number of alkyl carbamates (subject to hydrolysis) is 2. The van der Waals surface area contributed by atoms with Crippen molar-refractivity contribution in [3.05, 3.63) is 39.9 Å². The SMILES string of the molecule is CC(C)(C)OC(=O)NC(CCC(O)CNC(=O)OCc1ccc([N+](=O)[O-])cc1)C(=O)O. The molecule has 0 radical (unpaired) electrons. The van der Waals surface area contributed by atoms with Crippen LogP contribution in [0.2, 0.25) is 0 Å². The normalized spacial score (nSPS) is 12.9. The van der Waals surface area contributed by atoms with E-state index in [4.69, 9.17) is 9.47 Å². The van der Waals surface area contributed by atoms with Crippen molar-refractivity contribution >= 4 is 23.8 Å². The van der Waals surface area contributed by atoms with Gasteiger partial charge in [-0.05, 0) is 51.3 Å². The number of carboxylic acid groups (broad SMARTS) is 1. The first-order valence-electron chi connectivity index (χ1n) is 9.41. The molecule has 0 bridgehead atoms. The summed E-state index contributed by atoms with van der Waals surface area (Å²) in [6, 6.07) is 4.20. The van der Waals surface area contributed by atoms with Crippen molar-refractivity contribution in [2.24, 2.45) is 0 Å². The first-order valence-corrected chi connectivity index (χ1v) is 9.41. The molecule has 0 aliphatic carbocycles. The van der Waals surface area contributed by atoms with Crippen LogP contribution in [0.5, 0.6) is 0 Å². The highest BCUT2D eigenvalue weighted by molar-refractivity contribution is 5.79. The standard InChI is InChI=1S/C19H27N3O9/c1-19(2,3)31-18(27)21-15(16(24)25)9-8-14(23)10-20-17(26)30-11-12-4-6-13(7-5-12)22(28)29/h4-7,14-15,23H,8-11H2,1-3H3,(H,20,26)(H,21,27)(H,24,25). The molecule has 31 heavy (non-hydrogen) atoms. The number of nitro benzene ring substituents is 1. The van der Waals surface area contributed by atoms with Gasteiger partial charge in [-0.1, -0.05) is 0 Å². The minimum atomic E-state index is -1.28. The average Bonchev–Trinajstić information content (AvgIpc) is 2.66. The van der Waals surface area contributed by atoms with Crippen LogP contribution in [0, 0.1) is 10.1 Å². The lowest BCUT2D eigenvalue weighted by molar-refractivity contribution is -0.384. The van der Waals surface area contributed by atoms with E-state index >= 15 is 0 Å². The number of aliphatic hydroxyl groups is 1. The Balaban J connectivity index is 2.36. The maximum absolute atomic E-state index is 11.7. The number of ether oxygens (including phenoxy) is 2. The van der Waals surface area contributed by atoms with E-state index in [1.54, 1.807) is 20.8 Å². The fraction of sp³-hybridized carbons (Fsp3) is 0.526. The monoisotopic (exact) mass is 441 g/mol. The molecule has 0 saturated heterocycles. The summed E-state index contributed by atoms with van der Waals surface area (Å²) in [5, 5.41) is 34.3. The second-order valence-electron chi connectivity index (χ2n) is 7.65. The summed E-state index contributed by atoms with van der Waals surface area (Å²) in [5.41, 5.74) is -0.332. The van der Waals surface area contributed by atoms with Gasteiger partial charge >= 0.3 is 18.2 Å². The number of hydrogen-bond acceptors (Lipinski definition) is 8. The Bertz CT molecular complexity index is 775. The summed E-state index contributed by atoms with van der Waals surface area (Å²) >= 11 is 0. The van der Waals surface area contributed by atoms with Crippen molar-refractivity contribution in [2.75, 3.05) is 6.54 Å². The zero-order chi connectivity index (χ0) is 23.6. The predicted molar refractivity (Wildman–Crippen MR) is 107 cm³/mol. The number of carbonyl (C=O) groups excluding carboxylic acids is 2. The van der Waals surface area contributed by atoms with Crippen LogP contribution in [0.25, 0.3) is 0 Å². The maximum Gasteiger partial charge on any atom is 0.408 e. The Morgan fingerprint density at radius 1 is 1.13 bits per heavy atom. The molecule has 2 atom stereocenters. The largest absolute Gasteiger partial charge is 0.480 e. The number of carboxylic acids is 1. The summed E-state index contributed by atoms with van der Waals surface area (Å²) in [7, 11) is 0. The van der Waals surface area contributed by atoms with Crippen molar-refractivity contribution in [1.29, 1.82) is 0 Å². The van der Waals surface area contributed by atoms with Gasteiger partial charge in [0.2, 0.25) is 0 Å². The summed E-state index contributed by atoms with van der Waals surface area (Å²) < 4.78 is 9.95. The molecule has 1 aromatic carbocycles. The fourth-order valence-corrected chi connectivity index (χ4v) is 2.28. The van der Waals surface area contributed by atoms with Gasteiger partial charge in [0.15, 0.2) is 0 Å². The number of nitrogens with one attached hydrogen (secondary N) is 2. The van der Waals surface area contributed by atoms with E-state index in [1.807, 2.05) is 0 Å². The van der Waals surface area contributed by atoms with Crippen LogP contribution >= 0.6 is 0 Å². The number of benzene rings is 1. The third kappa shape index (κ3) is 10.8. The summed E-state index contributed by atoms with van der Waals surface area (Å²) in [6.45, 7) is 4.59. The zero-order valence-corrected chi connectivity index (χ0v) is 17.5. The van der Waals surface area contributed by atoms with Gasteiger partial charge < -0.3 is 30.3 Å². The number of hydrogen-bond donors (Lipinski definition) is 4. The molecule has 2 amide bonds. The van der Waals surface area contributed by atoms with E-state index in [-0.39, 0.29) is 31.7 Å². The van der Waals surface area contributed by atoms with Gasteiger partial charge in [0.05, 0.1) is 11.0 Å². The van der Waals surface area contributed by atoms with E-state index in [1.165, 1.54) is 24.3 Å². The Labute approximate surface area is 178 Å². The van der Waals surface area contributed by atoms with Gasteiger partial charge in [0.25, 0.3) is 5.69 Å². The second kappa shape index (κ2) is 11.7. The number of nitro groups is 1. The van der Waals surface area contributed by atoms with Crippen molar-refractivity contribution in [2.45, 2.75) is 58.0 Å². The number of amides is 2. The molecule has 12 nitrogen and oxygen atoms in total. The summed E-state index contributed by atoms with van der Waals surface area (Å²) in [4.78, 5) is 44.7. The number of aliphatic carboxylic acids is 1. The van der Waals surface area contributed by atoms with Crippen LogP contribution in [0.15, 0.2) is 24.3 Å². The lowest BCUT2D eigenvalue weighted by atomic mass is 10.1. The minimum Gasteiger partial charge on any atom is -0.480 e. The lowest BCUT2D eigenvalue weighted by Gasteiger charge is -2.22. The molecule has 12 heteroatoms. The number of carbonyl (C=O) groups is 3. The molecule has 1 rings (SSSR count). The molecule has 172 valence electrons. The van der Waals surface area contributed by atoms with Crippen LogP contribution < -0.4 is 10.6 Å². The van der Waals surface area contributed by atoms with Crippen LogP contribution in [0.3, 0.4) is 0 Å². The molecular weight excluding hydrogens is 414 g/mol. The number of rotatable bonds is 10. The molecule has 0 aromatic heterocycles. The Morgan fingerprint density at radius 3 is 2.26 bits per heavy atom. The van der Waals surface area contributed by atoms with Crippen LogP contribution in [0.1, 0.15) is 39.2 Å². The molecule has 0 spiro atoms. The quantitative estimate of drug-likeness (QED) is 0.312. The predicted octanol–water partition coefficient (Wildman–Crippen LogP) is 1.94. The van der Waals surface area contributed by atoms with Gasteiger partial charge in [-0.25, -0.2) is 14.4 Å². The average molecular weight is 441 g/mol. The van der Waals surface area contributed by atoms with Gasteiger partial charge in [0.1, 0.15) is 18.2 Å². The van der Waals surface area contributed by atoms with E-state index in [0.717, 1.165) is 0 Å². The van der Waals surface area contributed by atoms with Gasteiger partial charge in [-0.3, -0.25) is 10.1 Å². The lowest BCUT2D eigenvalue weighted by Crippen LogP contribution is -2.44. The highest BCUT2D eigenvalue weighted by Crippen LogP contribution is 2.12. The first-order chi connectivity index (χ1) is 14.4. The Kier molecular flexibility index (Phi) is 9.67. The van der Waals surface area contributed by atoms with Crippen molar-refractivity contribution in [3.63, 3.8) is 0 Å². The highest BCUT2D eigenvalue weighted by Gasteiger charge is 2.24. The van der Waals surface area contributed by atoms with Crippen molar-refractivity contribution < 1.29 is 39.0 Å². The van der Waals surface area contributed by atoms with Crippen LogP contribution in [0.4, 0.5) is 15.3 Å². The molecule has 2 unspecified atom stereocenters. The zero-order valence-electron chi connectivity index (χ0n) is 17.5. The second-order valence-corrected chi connectivity index (χ2v) is 7.65. The Hall–Kier alpha value is -3.41. The fourth-order valence-electron chi connectivity index (χ4n) is 2.28. The minimum absolute atomic E-state index is 0.0185. The molecule has 0 aliphatic rings. The van der Waals surface area contributed by atoms with Crippen molar-refractivity contribution in [1.82, 2.24) is 10.6 Å². The molecule has 4 N–H and O–H groups in total. The number of aliphatic hydroxyl groups excluding tert-OH is 1. The van der Waals surface area contributed by atoms with E-state index in [2.05, 4.69) is 10.6 Å². The topological polar surface area (TPSA) is 177 Å². The maximum atomic E-state index is 11.7. The number of nitrogens with zero attached hydrogens (tertiary/aromatic N) is 1. The van der Waals surface area contributed by atoms with Crippen molar-refractivity contribution in [3.8, 4) is 0 Å². The van der Waals surface area contributed by atoms with Gasteiger partial charge in [-0.2, -0.15) is 0 Å². The molecular formula is C19H27N3O9. The molecule has 0 aliphatic heterocycles. The highest BCUT2D eigenvalue weighted by atomic mass is 16.6. The Morgan fingerprint density at radius 2 is 1.74 bits per heavy atom. The van der Waals surface area contributed by atoms with Crippen LogP contribution in [-0.2, 0) is 20.9 Å².